The Balaban J connectivity index is 1.65. The molecular weight excluding hydrogens is 416 g/mol. The van der Waals surface area contributed by atoms with Crippen LogP contribution in [0.25, 0.3) is 16.6 Å². The normalized spacial score (nSPS) is 16.5. The number of nitrogens with zero attached hydrogens (tertiary/aromatic N) is 3. The molecule has 170 valence electrons. The molecule has 0 saturated carbocycles. The minimum absolute atomic E-state index is 0.103. The van der Waals surface area contributed by atoms with E-state index in [1.165, 1.54) is 6.21 Å². The number of allylic oxidation sites excluding steroid dienone is 1. The minimum atomic E-state index is -0.403. The summed E-state index contributed by atoms with van der Waals surface area (Å²) in [6.07, 6.45) is 8.20. The summed E-state index contributed by atoms with van der Waals surface area (Å²) in [5, 5.41) is 14.2. The molecule has 1 aliphatic heterocycles. The van der Waals surface area contributed by atoms with Crippen molar-refractivity contribution in [2.24, 2.45) is 5.73 Å². The van der Waals surface area contributed by atoms with Crippen molar-refractivity contribution in [1.82, 2.24) is 15.3 Å². The van der Waals surface area contributed by atoms with Crippen LogP contribution < -0.4 is 27.0 Å². The molecule has 4 rings (SSSR count). The number of aromatic nitrogens is 2. The lowest BCUT2D eigenvalue weighted by Crippen LogP contribution is -2.43. The number of carbonyl (C=O) groups excluding carboxylic acids is 1. The molecule has 3 aromatic rings. The van der Waals surface area contributed by atoms with Crippen LogP contribution >= 0.6 is 0 Å². The fourth-order valence-electron chi connectivity index (χ4n) is 4.11. The van der Waals surface area contributed by atoms with Crippen molar-refractivity contribution in [3.8, 4) is 0 Å². The Morgan fingerprint density at radius 1 is 1.30 bits per heavy atom. The van der Waals surface area contributed by atoms with Crippen LogP contribution in [0, 0.1) is 5.41 Å². The fourth-order valence-corrected chi connectivity index (χ4v) is 4.11. The highest BCUT2D eigenvalue weighted by Gasteiger charge is 2.21. The van der Waals surface area contributed by atoms with E-state index in [-0.39, 0.29) is 11.7 Å². The van der Waals surface area contributed by atoms with Gasteiger partial charge in [-0.2, -0.15) is 0 Å². The fraction of sp³-hybridized carbons (Fsp3) is 0.250. The molecule has 0 radical (unpaired) electrons. The number of nitrogen functional groups attached to an aromatic ring is 1. The number of hydrogen-bond donors (Lipinski definition) is 5. The molecule has 1 atom stereocenters. The van der Waals surface area contributed by atoms with Crippen molar-refractivity contribution < 1.29 is 4.79 Å². The van der Waals surface area contributed by atoms with Crippen molar-refractivity contribution in [3.63, 3.8) is 0 Å². The summed E-state index contributed by atoms with van der Waals surface area (Å²) < 4.78 is 0. The Labute approximate surface area is 192 Å². The first-order valence-electron chi connectivity index (χ1n) is 10.8. The van der Waals surface area contributed by atoms with Crippen LogP contribution in [-0.4, -0.2) is 48.3 Å². The average molecular weight is 445 g/mol. The van der Waals surface area contributed by atoms with E-state index in [1.807, 2.05) is 24.3 Å². The van der Waals surface area contributed by atoms with E-state index in [4.69, 9.17) is 16.9 Å². The number of carbonyl (C=O) groups is 1. The maximum atomic E-state index is 13.2. The molecule has 2 aromatic heterocycles. The van der Waals surface area contributed by atoms with Crippen LogP contribution in [0.15, 0.2) is 48.8 Å². The molecule has 9 heteroatoms. The number of nitrogens with one attached hydrogen (secondary N) is 3. The zero-order chi connectivity index (χ0) is 23.4. The van der Waals surface area contributed by atoms with Gasteiger partial charge in [-0.05, 0) is 42.7 Å². The lowest BCUT2D eigenvalue weighted by molar-refractivity contribution is 0.102. The molecule has 0 aliphatic carbocycles. The second-order valence-corrected chi connectivity index (χ2v) is 8.03. The molecule has 3 heterocycles. The first-order valence-corrected chi connectivity index (χ1v) is 10.8. The van der Waals surface area contributed by atoms with Crippen molar-refractivity contribution in [1.29, 1.82) is 5.41 Å². The lowest BCUT2D eigenvalue weighted by atomic mass is 10.1. The highest BCUT2D eigenvalue weighted by Crippen LogP contribution is 2.29. The highest BCUT2D eigenvalue weighted by molar-refractivity contribution is 6.09. The summed E-state index contributed by atoms with van der Waals surface area (Å²) in [6.45, 7) is 1.60. The van der Waals surface area contributed by atoms with E-state index in [2.05, 4.69) is 25.5 Å². The Kier molecular flexibility index (Phi) is 6.50. The first kappa shape index (κ1) is 22.2. The molecule has 9 nitrogen and oxygen atoms in total. The highest BCUT2D eigenvalue weighted by atomic mass is 16.1. The third kappa shape index (κ3) is 4.78. The predicted octanol–water partition coefficient (Wildman–Crippen LogP) is 2.60. The van der Waals surface area contributed by atoms with E-state index >= 15 is 0 Å². The van der Waals surface area contributed by atoms with E-state index < -0.39 is 5.91 Å². The van der Waals surface area contributed by atoms with Gasteiger partial charge in [0.05, 0.1) is 28.8 Å². The molecule has 0 spiro atoms. The molecule has 1 fully saturated rings. The molecular formula is C24H28N8O. The summed E-state index contributed by atoms with van der Waals surface area (Å²) in [7, 11) is 1.79. The monoisotopic (exact) mass is 444 g/mol. The van der Waals surface area contributed by atoms with Gasteiger partial charge in [0.15, 0.2) is 5.69 Å². The third-order valence-corrected chi connectivity index (χ3v) is 5.74. The smallest absolute Gasteiger partial charge is 0.276 e. The number of anilines is 3. The van der Waals surface area contributed by atoms with Crippen LogP contribution in [0.2, 0.25) is 0 Å². The van der Waals surface area contributed by atoms with Crippen LogP contribution in [0.5, 0.6) is 0 Å². The van der Waals surface area contributed by atoms with Gasteiger partial charge in [0.2, 0.25) is 0 Å². The molecule has 0 bridgehead atoms. The Morgan fingerprint density at radius 3 is 2.91 bits per heavy atom. The first-order chi connectivity index (χ1) is 16.0. The largest absolute Gasteiger partial charge is 0.397 e. The zero-order valence-electron chi connectivity index (χ0n) is 18.5. The molecule has 33 heavy (non-hydrogen) atoms. The quantitative estimate of drug-likeness (QED) is 0.367. The van der Waals surface area contributed by atoms with Gasteiger partial charge in [0, 0.05) is 49.7 Å². The van der Waals surface area contributed by atoms with Crippen LogP contribution in [-0.2, 0) is 0 Å². The number of fused-ring (bicyclic) bond motifs is 1. The summed E-state index contributed by atoms with van der Waals surface area (Å²) in [5.74, 6) is -0.403. The van der Waals surface area contributed by atoms with Gasteiger partial charge in [0.1, 0.15) is 0 Å². The Morgan fingerprint density at radius 2 is 2.15 bits per heavy atom. The Bertz CT molecular complexity index is 1220. The van der Waals surface area contributed by atoms with E-state index in [1.54, 1.807) is 31.6 Å². The second kappa shape index (κ2) is 9.66. The number of piperidine rings is 1. The van der Waals surface area contributed by atoms with Gasteiger partial charge in [-0.25, -0.2) is 4.98 Å². The van der Waals surface area contributed by atoms with Crippen LogP contribution in [0.3, 0.4) is 0 Å². The number of benzene rings is 1. The van der Waals surface area contributed by atoms with Gasteiger partial charge >= 0.3 is 0 Å². The maximum Gasteiger partial charge on any atom is 0.276 e. The van der Waals surface area contributed by atoms with E-state index in [0.717, 1.165) is 48.3 Å². The predicted molar refractivity (Wildman–Crippen MR) is 134 cm³/mol. The molecule has 7 N–H and O–H groups in total. The van der Waals surface area contributed by atoms with Gasteiger partial charge in [-0.3, -0.25) is 9.78 Å². The second-order valence-electron chi connectivity index (χ2n) is 8.03. The van der Waals surface area contributed by atoms with Gasteiger partial charge in [-0.1, -0.05) is 12.1 Å². The standard InChI is InChI=1S/C24H28N8O/c1-28-19(6-8-25)16-5-4-15-11-18(27)23(30-20(15)12-16)24(33)31-21-13-29-9-7-22(21)32-10-2-3-17(26)14-32/h4-9,11-13,17,25,28H,2-3,10,14,26-27H2,1H3,(H,31,33)/b19-6-,25-8?/t17-/m0/s1. The van der Waals surface area contributed by atoms with Gasteiger partial charge < -0.3 is 32.4 Å². The molecule has 1 saturated heterocycles. The summed E-state index contributed by atoms with van der Waals surface area (Å²) >= 11 is 0. The molecule has 0 unspecified atom stereocenters. The number of nitrogens with two attached hydrogens (primary N) is 2. The number of rotatable bonds is 6. The number of amides is 1. The summed E-state index contributed by atoms with van der Waals surface area (Å²) in [4.78, 5) is 24.1. The lowest BCUT2D eigenvalue weighted by Gasteiger charge is -2.33. The SMILES string of the molecule is CN/C(=C\C=N)c1ccc2cc(N)c(C(=O)Nc3cnccc3N3CCC[C@H](N)C3)nc2c1. The van der Waals surface area contributed by atoms with Crippen molar-refractivity contribution in [2.45, 2.75) is 18.9 Å². The van der Waals surface area contributed by atoms with Crippen LogP contribution in [0.4, 0.5) is 17.1 Å². The molecule has 1 amide bonds. The van der Waals surface area contributed by atoms with Crippen LogP contribution in [0.1, 0.15) is 28.9 Å². The van der Waals surface area contributed by atoms with Crippen molar-refractivity contribution in [2.75, 3.05) is 36.1 Å². The van der Waals surface area contributed by atoms with E-state index in [0.29, 0.717) is 16.9 Å². The topological polar surface area (TPSA) is 146 Å². The number of hydrogen-bond acceptors (Lipinski definition) is 8. The van der Waals surface area contributed by atoms with Gasteiger partial charge in [-0.15, -0.1) is 0 Å². The van der Waals surface area contributed by atoms with E-state index in [9.17, 15) is 4.79 Å². The summed E-state index contributed by atoms with van der Waals surface area (Å²) in [6, 6.07) is 9.40. The molecule has 1 aliphatic rings. The molecule has 1 aromatic carbocycles. The van der Waals surface area contributed by atoms with Crippen molar-refractivity contribution in [3.05, 3.63) is 60.1 Å². The average Bonchev–Trinajstić information content (AvgIpc) is 2.82. The summed E-state index contributed by atoms with van der Waals surface area (Å²) in [5.41, 5.74) is 16.5. The third-order valence-electron chi connectivity index (χ3n) is 5.74. The minimum Gasteiger partial charge on any atom is -0.397 e. The maximum absolute atomic E-state index is 13.2. The zero-order valence-corrected chi connectivity index (χ0v) is 18.5. The number of pyridine rings is 2. The van der Waals surface area contributed by atoms with Crippen molar-refractivity contribution >= 4 is 45.8 Å². The van der Waals surface area contributed by atoms with Gasteiger partial charge in [0.25, 0.3) is 5.91 Å². The Hall–Kier alpha value is -3.98.